The molecule has 3 N–H and O–H groups in total. The molecule has 0 saturated heterocycles. The van der Waals surface area contributed by atoms with Gasteiger partial charge in [0.05, 0.1) is 11.7 Å². The number of hydrogen-bond donors (Lipinski definition) is 2. The van der Waals surface area contributed by atoms with Crippen LogP contribution in [0.25, 0.3) is 10.2 Å². The number of terminal acetylenes is 1. The van der Waals surface area contributed by atoms with Crippen LogP contribution >= 0.6 is 11.3 Å². The summed E-state index contributed by atoms with van der Waals surface area (Å²) in [7, 11) is 0. The van der Waals surface area contributed by atoms with E-state index in [1.165, 1.54) is 11.3 Å². The highest BCUT2D eigenvalue weighted by Crippen LogP contribution is 2.32. The largest absolute Gasteiger partial charge is 0.397 e. The van der Waals surface area contributed by atoms with E-state index < -0.39 is 0 Å². The first-order valence-electron chi connectivity index (χ1n) is 5.45. The minimum Gasteiger partial charge on any atom is -0.397 e. The number of nitrogens with zero attached hydrogens (tertiary/aromatic N) is 1. The summed E-state index contributed by atoms with van der Waals surface area (Å²) >= 11 is 1.28. The first-order valence-corrected chi connectivity index (χ1v) is 6.27. The number of thiophene rings is 1. The van der Waals surface area contributed by atoms with Crippen molar-refractivity contribution in [3.63, 3.8) is 0 Å². The van der Waals surface area contributed by atoms with Crippen LogP contribution in [0.1, 0.15) is 22.3 Å². The summed E-state index contributed by atoms with van der Waals surface area (Å²) in [5.74, 6) is 2.19. The lowest BCUT2D eigenvalue weighted by molar-refractivity contribution is 0.0953. The zero-order chi connectivity index (χ0) is 13.3. The van der Waals surface area contributed by atoms with E-state index in [4.69, 9.17) is 12.2 Å². The number of rotatable bonds is 2. The van der Waals surface area contributed by atoms with Gasteiger partial charge in [-0.2, -0.15) is 0 Å². The first-order chi connectivity index (χ1) is 8.52. The maximum Gasteiger partial charge on any atom is 0.264 e. The van der Waals surface area contributed by atoms with Crippen LogP contribution in [0, 0.1) is 19.3 Å². The number of anilines is 1. The Bertz CT molecular complexity index is 654. The Morgan fingerprint density at radius 3 is 3.00 bits per heavy atom. The van der Waals surface area contributed by atoms with Crippen LogP contribution in [0.15, 0.2) is 12.1 Å². The second-order valence-corrected chi connectivity index (χ2v) is 5.01. The molecular weight excluding hydrogens is 246 g/mol. The molecule has 5 heteroatoms. The molecule has 2 rings (SSSR count). The number of nitrogen functional groups attached to an aromatic ring is 1. The molecule has 0 aliphatic heterocycles. The SMILES string of the molecule is C#CC(C)NC(=O)c1sc2nc(C)ccc2c1N. The Morgan fingerprint density at radius 2 is 2.33 bits per heavy atom. The average molecular weight is 259 g/mol. The third-order valence-corrected chi connectivity index (χ3v) is 3.65. The molecule has 0 aromatic carbocycles. The van der Waals surface area contributed by atoms with Gasteiger partial charge >= 0.3 is 0 Å². The van der Waals surface area contributed by atoms with Gasteiger partial charge in [0.2, 0.25) is 0 Å². The standard InChI is InChI=1S/C13H13N3OS/c1-4-7(2)15-12(17)11-10(14)9-6-5-8(3)16-13(9)18-11/h1,5-7H,14H2,2-3H3,(H,15,17). The molecule has 0 bridgehead atoms. The lowest BCUT2D eigenvalue weighted by Crippen LogP contribution is -2.31. The molecule has 0 spiro atoms. The lowest BCUT2D eigenvalue weighted by atomic mass is 10.2. The number of nitrogens with two attached hydrogens (primary N) is 1. The van der Waals surface area contributed by atoms with Gasteiger partial charge in [0.25, 0.3) is 5.91 Å². The van der Waals surface area contributed by atoms with Crippen LogP contribution in [0.4, 0.5) is 5.69 Å². The molecule has 0 aliphatic rings. The zero-order valence-electron chi connectivity index (χ0n) is 10.2. The number of carbonyl (C=O) groups excluding carboxylic acids is 1. The highest BCUT2D eigenvalue weighted by atomic mass is 32.1. The minimum atomic E-state index is -0.322. The Labute approximate surface area is 109 Å². The van der Waals surface area contributed by atoms with Gasteiger partial charge in [0.15, 0.2) is 0 Å². The molecule has 0 aliphatic carbocycles. The Kier molecular flexibility index (Phi) is 3.21. The van der Waals surface area contributed by atoms with Crippen LogP contribution in [-0.2, 0) is 0 Å². The van der Waals surface area contributed by atoms with Crippen molar-refractivity contribution >= 4 is 33.1 Å². The van der Waals surface area contributed by atoms with Crippen molar-refractivity contribution in [3.05, 3.63) is 22.7 Å². The Balaban J connectivity index is 2.43. The summed E-state index contributed by atoms with van der Waals surface area (Å²) in [6.45, 7) is 3.64. The molecule has 2 heterocycles. The molecule has 1 atom stereocenters. The number of aromatic nitrogens is 1. The fourth-order valence-corrected chi connectivity index (χ4v) is 2.60. The van der Waals surface area contributed by atoms with Gasteiger partial charge in [0, 0.05) is 11.1 Å². The van der Waals surface area contributed by atoms with Crippen molar-refractivity contribution in [2.45, 2.75) is 19.9 Å². The summed E-state index contributed by atoms with van der Waals surface area (Å²) in [5, 5.41) is 3.50. The summed E-state index contributed by atoms with van der Waals surface area (Å²) in [6.07, 6.45) is 5.23. The van der Waals surface area contributed by atoms with Crippen LogP contribution < -0.4 is 11.1 Å². The van der Waals surface area contributed by atoms with E-state index in [1.54, 1.807) is 6.92 Å². The fraction of sp³-hybridized carbons (Fsp3) is 0.231. The van der Waals surface area contributed by atoms with E-state index in [-0.39, 0.29) is 11.9 Å². The number of carbonyl (C=O) groups is 1. The molecule has 1 amide bonds. The third kappa shape index (κ3) is 2.15. The molecule has 18 heavy (non-hydrogen) atoms. The molecular formula is C13H13N3OS. The van der Waals surface area contributed by atoms with Gasteiger partial charge < -0.3 is 11.1 Å². The van der Waals surface area contributed by atoms with Gasteiger partial charge in [-0.05, 0) is 26.0 Å². The van der Waals surface area contributed by atoms with Crippen LogP contribution in [0.5, 0.6) is 0 Å². The van der Waals surface area contributed by atoms with E-state index in [0.717, 1.165) is 15.9 Å². The van der Waals surface area contributed by atoms with Crippen LogP contribution in [0.2, 0.25) is 0 Å². The molecule has 0 fully saturated rings. The summed E-state index contributed by atoms with van der Waals surface area (Å²) in [6, 6.07) is 3.43. The first kappa shape index (κ1) is 12.4. The normalized spacial score (nSPS) is 12.1. The summed E-state index contributed by atoms with van der Waals surface area (Å²) < 4.78 is 0. The van der Waals surface area contributed by atoms with Gasteiger partial charge in [0.1, 0.15) is 9.71 Å². The van der Waals surface area contributed by atoms with Crippen LogP contribution in [-0.4, -0.2) is 16.9 Å². The Hall–Kier alpha value is -2.06. The van der Waals surface area contributed by atoms with E-state index >= 15 is 0 Å². The molecule has 0 saturated carbocycles. The number of pyridine rings is 1. The zero-order valence-corrected chi connectivity index (χ0v) is 11.0. The van der Waals surface area contributed by atoms with Crippen molar-refractivity contribution < 1.29 is 4.79 Å². The number of fused-ring (bicyclic) bond motifs is 1. The van der Waals surface area contributed by atoms with Crippen molar-refractivity contribution in [1.82, 2.24) is 10.3 Å². The second-order valence-electron chi connectivity index (χ2n) is 4.01. The smallest absolute Gasteiger partial charge is 0.264 e. The average Bonchev–Trinajstić information content (AvgIpc) is 2.66. The minimum absolute atomic E-state index is 0.251. The van der Waals surface area contributed by atoms with Gasteiger partial charge in [-0.25, -0.2) is 4.98 Å². The van der Waals surface area contributed by atoms with E-state index in [9.17, 15) is 4.79 Å². The van der Waals surface area contributed by atoms with Crippen LogP contribution in [0.3, 0.4) is 0 Å². The number of amides is 1. The quantitative estimate of drug-likeness (QED) is 0.810. The second kappa shape index (κ2) is 4.67. The van der Waals surface area contributed by atoms with Gasteiger partial charge in [-0.1, -0.05) is 5.92 Å². The monoisotopic (exact) mass is 259 g/mol. The van der Waals surface area contributed by atoms with Gasteiger partial charge in [-0.3, -0.25) is 4.79 Å². The highest BCUT2D eigenvalue weighted by molar-refractivity contribution is 7.21. The predicted octanol–water partition coefficient (Wildman–Crippen LogP) is 1.94. The number of nitrogens with one attached hydrogen (secondary N) is 1. The fourth-order valence-electron chi connectivity index (χ4n) is 1.56. The molecule has 1 unspecified atom stereocenters. The predicted molar refractivity (Wildman–Crippen MR) is 74.5 cm³/mol. The van der Waals surface area contributed by atoms with Gasteiger partial charge in [-0.15, -0.1) is 17.8 Å². The lowest BCUT2D eigenvalue weighted by Gasteiger charge is -2.06. The maximum absolute atomic E-state index is 12.0. The van der Waals surface area contributed by atoms with E-state index in [1.807, 2.05) is 19.1 Å². The molecule has 4 nitrogen and oxygen atoms in total. The molecule has 2 aromatic heterocycles. The maximum atomic E-state index is 12.0. The summed E-state index contributed by atoms with van der Waals surface area (Å²) in [5.41, 5.74) is 7.32. The third-order valence-electron chi connectivity index (χ3n) is 2.54. The summed E-state index contributed by atoms with van der Waals surface area (Å²) in [4.78, 5) is 17.6. The highest BCUT2D eigenvalue weighted by Gasteiger charge is 2.17. The number of hydrogen-bond acceptors (Lipinski definition) is 4. The number of aryl methyl sites for hydroxylation is 1. The molecule has 0 radical (unpaired) electrons. The van der Waals surface area contributed by atoms with Crippen molar-refractivity contribution in [2.24, 2.45) is 0 Å². The topological polar surface area (TPSA) is 68.0 Å². The molecule has 2 aromatic rings. The van der Waals surface area contributed by atoms with Crippen molar-refractivity contribution in [1.29, 1.82) is 0 Å². The van der Waals surface area contributed by atoms with E-state index in [2.05, 4.69) is 16.2 Å². The van der Waals surface area contributed by atoms with E-state index in [0.29, 0.717) is 10.6 Å². The van der Waals surface area contributed by atoms with Crippen molar-refractivity contribution in [3.8, 4) is 12.3 Å². The Morgan fingerprint density at radius 1 is 1.61 bits per heavy atom. The van der Waals surface area contributed by atoms with Crippen molar-refractivity contribution in [2.75, 3.05) is 5.73 Å². The molecule has 92 valence electrons.